The first kappa shape index (κ1) is 12.2. The number of aromatic carboxylic acids is 1. The lowest BCUT2D eigenvalue weighted by molar-refractivity contribution is 0.0689. The fraction of sp³-hybridized carbons (Fsp3) is 0.0909. The van der Waals surface area contributed by atoms with Gasteiger partial charge in [0.25, 0.3) is 5.91 Å². The zero-order valence-electron chi connectivity index (χ0n) is 9.16. The number of carbonyl (C=O) groups excluding carboxylic acids is 1. The zero-order valence-corrected chi connectivity index (χ0v) is 9.98. The Morgan fingerprint density at radius 1 is 1.33 bits per heavy atom. The molecule has 2 aromatic rings. The lowest BCUT2D eigenvalue weighted by Crippen LogP contribution is -2.23. The maximum absolute atomic E-state index is 11.7. The normalized spacial score (nSPS) is 10.0. The lowest BCUT2D eigenvalue weighted by Gasteiger charge is -2.02. The summed E-state index contributed by atoms with van der Waals surface area (Å²) in [5.74, 6) is -1.43. The summed E-state index contributed by atoms with van der Waals surface area (Å²) >= 11 is 1.45. The minimum atomic E-state index is -1.12. The van der Waals surface area contributed by atoms with Crippen LogP contribution >= 0.6 is 11.3 Å². The standard InChI is InChI=1S/C11H9N3O3S/c15-10(14-6-9-12-3-4-18-9)7-1-2-8(11(16)17)13-5-7/h1-5H,6H2,(H,14,15)(H,16,17). The van der Waals surface area contributed by atoms with Crippen LogP contribution in [0.4, 0.5) is 0 Å². The second-order valence-electron chi connectivity index (χ2n) is 3.35. The molecule has 0 bridgehead atoms. The van der Waals surface area contributed by atoms with E-state index in [0.717, 1.165) is 5.01 Å². The molecule has 0 spiro atoms. The van der Waals surface area contributed by atoms with E-state index in [1.807, 2.05) is 5.38 Å². The van der Waals surface area contributed by atoms with Crippen molar-refractivity contribution in [1.82, 2.24) is 15.3 Å². The molecule has 18 heavy (non-hydrogen) atoms. The smallest absolute Gasteiger partial charge is 0.354 e. The molecule has 6 nitrogen and oxygen atoms in total. The van der Waals surface area contributed by atoms with E-state index < -0.39 is 5.97 Å². The van der Waals surface area contributed by atoms with E-state index >= 15 is 0 Å². The average molecular weight is 263 g/mol. The SMILES string of the molecule is O=C(NCc1nccs1)c1ccc(C(=O)O)nc1. The minimum Gasteiger partial charge on any atom is -0.477 e. The van der Waals surface area contributed by atoms with Gasteiger partial charge in [0, 0.05) is 17.8 Å². The summed E-state index contributed by atoms with van der Waals surface area (Å²) in [5.41, 5.74) is 0.225. The maximum Gasteiger partial charge on any atom is 0.354 e. The van der Waals surface area contributed by atoms with Crippen molar-refractivity contribution in [2.75, 3.05) is 0 Å². The van der Waals surface area contributed by atoms with Crippen molar-refractivity contribution >= 4 is 23.2 Å². The number of carbonyl (C=O) groups is 2. The van der Waals surface area contributed by atoms with Crippen molar-refractivity contribution in [3.05, 3.63) is 46.2 Å². The van der Waals surface area contributed by atoms with Gasteiger partial charge < -0.3 is 10.4 Å². The number of hydrogen-bond donors (Lipinski definition) is 2. The van der Waals surface area contributed by atoms with Crippen molar-refractivity contribution in [3.63, 3.8) is 0 Å². The Hall–Kier alpha value is -2.28. The number of carboxylic acid groups (broad SMARTS) is 1. The third kappa shape index (κ3) is 2.89. The van der Waals surface area contributed by atoms with Crippen LogP contribution in [0.25, 0.3) is 0 Å². The van der Waals surface area contributed by atoms with E-state index in [0.29, 0.717) is 12.1 Å². The molecule has 2 heterocycles. The number of nitrogens with zero attached hydrogens (tertiary/aromatic N) is 2. The van der Waals surface area contributed by atoms with Gasteiger partial charge in [0.2, 0.25) is 0 Å². The number of carboxylic acids is 1. The Morgan fingerprint density at radius 3 is 2.72 bits per heavy atom. The molecule has 1 amide bonds. The third-order valence-electron chi connectivity index (χ3n) is 2.13. The van der Waals surface area contributed by atoms with Crippen LogP contribution in [-0.4, -0.2) is 27.0 Å². The highest BCUT2D eigenvalue weighted by atomic mass is 32.1. The molecule has 2 rings (SSSR count). The van der Waals surface area contributed by atoms with Gasteiger partial charge in [0.15, 0.2) is 0 Å². The Balaban J connectivity index is 1.98. The second-order valence-corrected chi connectivity index (χ2v) is 4.32. The van der Waals surface area contributed by atoms with Crippen molar-refractivity contribution < 1.29 is 14.7 Å². The van der Waals surface area contributed by atoms with E-state index in [-0.39, 0.29) is 11.6 Å². The molecule has 0 aliphatic rings. The highest BCUT2D eigenvalue weighted by molar-refractivity contribution is 7.09. The Bertz CT molecular complexity index is 551. The van der Waals surface area contributed by atoms with Gasteiger partial charge in [-0.15, -0.1) is 11.3 Å². The molecule has 2 aromatic heterocycles. The van der Waals surface area contributed by atoms with Crippen LogP contribution in [-0.2, 0) is 6.54 Å². The molecule has 0 saturated carbocycles. The van der Waals surface area contributed by atoms with Crippen molar-refractivity contribution in [2.45, 2.75) is 6.54 Å². The molecule has 92 valence electrons. The molecule has 7 heteroatoms. The molecule has 0 aliphatic carbocycles. The summed E-state index contributed by atoms with van der Waals surface area (Å²) in [4.78, 5) is 30.0. The minimum absolute atomic E-state index is 0.0912. The quantitative estimate of drug-likeness (QED) is 0.863. The fourth-order valence-corrected chi connectivity index (χ4v) is 1.81. The molecule has 0 atom stereocenters. The number of thiazole rings is 1. The van der Waals surface area contributed by atoms with Gasteiger partial charge in [0.05, 0.1) is 12.1 Å². The first-order valence-electron chi connectivity index (χ1n) is 5.03. The van der Waals surface area contributed by atoms with Crippen molar-refractivity contribution in [2.24, 2.45) is 0 Å². The van der Waals surface area contributed by atoms with Gasteiger partial charge in [-0.25, -0.2) is 14.8 Å². The first-order chi connectivity index (χ1) is 8.66. The molecular weight excluding hydrogens is 254 g/mol. The van der Waals surface area contributed by atoms with E-state index in [9.17, 15) is 9.59 Å². The van der Waals surface area contributed by atoms with Crippen LogP contribution in [0.3, 0.4) is 0 Å². The number of hydrogen-bond acceptors (Lipinski definition) is 5. The fourth-order valence-electron chi connectivity index (χ4n) is 1.25. The molecular formula is C11H9N3O3S. The molecule has 0 unspecified atom stereocenters. The van der Waals surface area contributed by atoms with Crippen LogP contribution < -0.4 is 5.32 Å². The highest BCUT2D eigenvalue weighted by Gasteiger charge is 2.09. The zero-order chi connectivity index (χ0) is 13.0. The second kappa shape index (κ2) is 5.37. The molecule has 2 N–H and O–H groups in total. The third-order valence-corrected chi connectivity index (χ3v) is 2.91. The largest absolute Gasteiger partial charge is 0.477 e. The first-order valence-corrected chi connectivity index (χ1v) is 5.90. The van der Waals surface area contributed by atoms with Crippen LogP contribution in [0.2, 0.25) is 0 Å². The molecule has 0 aliphatic heterocycles. The van der Waals surface area contributed by atoms with Crippen LogP contribution in [0.5, 0.6) is 0 Å². The molecule has 0 fully saturated rings. The van der Waals surface area contributed by atoms with Crippen LogP contribution in [0.1, 0.15) is 25.9 Å². The predicted octanol–water partition coefficient (Wildman–Crippen LogP) is 1.17. The number of amides is 1. The van der Waals surface area contributed by atoms with Crippen LogP contribution in [0, 0.1) is 0 Å². The number of aromatic nitrogens is 2. The van der Waals surface area contributed by atoms with Gasteiger partial charge >= 0.3 is 5.97 Å². The van der Waals surface area contributed by atoms with Crippen molar-refractivity contribution in [3.8, 4) is 0 Å². The lowest BCUT2D eigenvalue weighted by atomic mass is 10.2. The maximum atomic E-state index is 11.7. The Labute approximate surface area is 106 Å². The summed E-state index contributed by atoms with van der Waals surface area (Å²) in [6.45, 7) is 0.344. The van der Waals surface area contributed by atoms with Gasteiger partial charge in [-0.05, 0) is 12.1 Å². The monoisotopic (exact) mass is 263 g/mol. The highest BCUT2D eigenvalue weighted by Crippen LogP contribution is 2.04. The summed E-state index contributed by atoms with van der Waals surface area (Å²) in [7, 11) is 0. The van der Waals surface area contributed by atoms with Crippen molar-refractivity contribution in [1.29, 1.82) is 0 Å². The van der Waals surface area contributed by atoms with E-state index in [1.165, 1.54) is 29.7 Å². The Morgan fingerprint density at radius 2 is 2.17 bits per heavy atom. The number of pyridine rings is 1. The van der Waals surface area contributed by atoms with E-state index in [1.54, 1.807) is 6.20 Å². The summed E-state index contributed by atoms with van der Waals surface area (Å²) in [6, 6.07) is 2.72. The molecule has 0 saturated heterocycles. The summed E-state index contributed by atoms with van der Waals surface area (Å²) < 4.78 is 0. The summed E-state index contributed by atoms with van der Waals surface area (Å²) in [5, 5.41) is 14.0. The predicted molar refractivity (Wildman–Crippen MR) is 64.5 cm³/mol. The molecule has 0 radical (unpaired) electrons. The number of nitrogens with one attached hydrogen (secondary N) is 1. The number of rotatable bonds is 4. The topological polar surface area (TPSA) is 92.2 Å². The average Bonchev–Trinajstić information content (AvgIpc) is 2.89. The Kier molecular flexibility index (Phi) is 3.63. The summed E-state index contributed by atoms with van der Waals surface area (Å²) in [6.07, 6.45) is 2.90. The molecule has 0 aromatic carbocycles. The van der Waals surface area contributed by atoms with E-state index in [2.05, 4.69) is 15.3 Å². The van der Waals surface area contributed by atoms with E-state index in [4.69, 9.17) is 5.11 Å². The van der Waals surface area contributed by atoms with Gasteiger partial charge in [-0.3, -0.25) is 4.79 Å². The van der Waals surface area contributed by atoms with Gasteiger partial charge in [0.1, 0.15) is 10.7 Å². The van der Waals surface area contributed by atoms with Gasteiger partial charge in [-0.2, -0.15) is 0 Å². The van der Waals surface area contributed by atoms with Gasteiger partial charge in [-0.1, -0.05) is 0 Å². The van der Waals surface area contributed by atoms with Crippen LogP contribution in [0.15, 0.2) is 29.9 Å².